The zero-order valence-electron chi connectivity index (χ0n) is 16.1. The van der Waals surface area contributed by atoms with Crippen molar-refractivity contribution in [2.24, 2.45) is 0 Å². The molecule has 9 heteroatoms. The van der Waals surface area contributed by atoms with Gasteiger partial charge in [0, 0.05) is 11.9 Å². The molecule has 0 spiro atoms. The molecular formula is C20H20ClN3O3S2. The molecule has 0 bridgehead atoms. The van der Waals surface area contributed by atoms with Crippen LogP contribution in [0.3, 0.4) is 0 Å². The van der Waals surface area contributed by atoms with Crippen LogP contribution in [0.25, 0.3) is 0 Å². The van der Waals surface area contributed by atoms with Crippen LogP contribution in [0.1, 0.15) is 18.1 Å². The maximum atomic E-state index is 13.4. The number of rotatable bonds is 6. The molecule has 1 aromatic heterocycles. The predicted molar refractivity (Wildman–Crippen MR) is 115 cm³/mol. The van der Waals surface area contributed by atoms with E-state index in [1.165, 1.54) is 47.6 Å². The van der Waals surface area contributed by atoms with Gasteiger partial charge in [-0.2, -0.15) is 5.10 Å². The number of carbonyl (C=O) groups excluding carboxylic acids is 1. The molecule has 152 valence electrons. The lowest BCUT2D eigenvalue weighted by Crippen LogP contribution is -2.15. The topological polar surface area (TPSA) is 81.1 Å². The zero-order valence-corrected chi connectivity index (χ0v) is 18.5. The number of sulfone groups is 1. The lowest BCUT2D eigenvalue weighted by atomic mass is 10.1. The highest BCUT2D eigenvalue weighted by atomic mass is 35.5. The molecule has 29 heavy (non-hydrogen) atoms. The van der Waals surface area contributed by atoms with Crippen molar-refractivity contribution in [3.8, 4) is 0 Å². The molecule has 0 unspecified atom stereocenters. The van der Waals surface area contributed by atoms with Crippen LogP contribution in [-0.4, -0.2) is 30.4 Å². The third kappa shape index (κ3) is 4.66. The maximum Gasteiger partial charge on any atom is 0.222 e. The number of aryl methyl sites for hydroxylation is 1. The number of anilines is 1. The van der Waals surface area contributed by atoms with Gasteiger partial charge < -0.3 is 5.32 Å². The van der Waals surface area contributed by atoms with E-state index in [-0.39, 0.29) is 21.5 Å². The molecule has 0 aliphatic heterocycles. The van der Waals surface area contributed by atoms with E-state index < -0.39 is 9.84 Å². The first-order valence-electron chi connectivity index (χ1n) is 8.71. The minimum atomic E-state index is -3.93. The Labute approximate surface area is 179 Å². The Balaban J connectivity index is 2.16. The Bertz CT molecular complexity index is 1140. The van der Waals surface area contributed by atoms with Crippen molar-refractivity contribution in [1.82, 2.24) is 9.78 Å². The molecular weight excluding hydrogens is 430 g/mol. The molecule has 0 aliphatic carbocycles. The second-order valence-electron chi connectivity index (χ2n) is 6.47. The van der Waals surface area contributed by atoms with Gasteiger partial charge in [0.2, 0.25) is 15.7 Å². The van der Waals surface area contributed by atoms with Crippen molar-refractivity contribution in [1.29, 1.82) is 0 Å². The number of hydrogen-bond donors (Lipinski definition) is 1. The summed E-state index contributed by atoms with van der Waals surface area (Å²) in [6.07, 6.45) is 1.75. The Kier molecular flexibility index (Phi) is 6.36. The predicted octanol–water partition coefficient (Wildman–Crippen LogP) is 4.41. The molecule has 0 radical (unpaired) electrons. The summed E-state index contributed by atoms with van der Waals surface area (Å²) in [5.41, 5.74) is 2.06. The summed E-state index contributed by atoms with van der Waals surface area (Å²) in [4.78, 5) is 11.9. The van der Waals surface area contributed by atoms with Gasteiger partial charge >= 0.3 is 0 Å². The van der Waals surface area contributed by atoms with Gasteiger partial charge in [-0.25, -0.2) is 13.1 Å². The van der Waals surface area contributed by atoms with Crippen LogP contribution in [0.15, 0.2) is 63.3 Å². The molecule has 1 heterocycles. The molecule has 1 amide bonds. The van der Waals surface area contributed by atoms with Crippen LogP contribution < -0.4 is 5.32 Å². The van der Waals surface area contributed by atoms with Gasteiger partial charge in [0.1, 0.15) is 9.92 Å². The lowest BCUT2D eigenvalue weighted by Gasteiger charge is -2.11. The maximum absolute atomic E-state index is 13.4. The van der Waals surface area contributed by atoms with Crippen LogP contribution in [0, 0.1) is 6.92 Å². The normalized spacial score (nSPS) is 11.4. The first-order chi connectivity index (χ1) is 13.7. The monoisotopic (exact) mass is 449 g/mol. The quantitative estimate of drug-likeness (QED) is 0.564. The van der Waals surface area contributed by atoms with Crippen LogP contribution in [0.2, 0.25) is 5.02 Å². The summed E-state index contributed by atoms with van der Waals surface area (Å²) in [6.45, 7) is 3.64. The van der Waals surface area contributed by atoms with Crippen molar-refractivity contribution >= 4 is 44.9 Å². The highest BCUT2D eigenvalue weighted by Crippen LogP contribution is 2.36. The molecule has 0 saturated carbocycles. The summed E-state index contributed by atoms with van der Waals surface area (Å²) in [6, 6.07) is 13.7. The van der Waals surface area contributed by atoms with Crippen LogP contribution in [0.4, 0.5) is 5.82 Å². The molecule has 1 N–H and O–H groups in total. The minimum Gasteiger partial charge on any atom is -0.310 e. The number of aromatic nitrogens is 2. The van der Waals surface area contributed by atoms with Crippen molar-refractivity contribution < 1.29 is 13.2 Å². The average molecular weight is 450 g/mol. The SMILES string of the molecule is CSc1nn(Cc2ccc(C)cc2)c(NC(C)=O)c1S(=O)(=O)c1ccc(Cl)cc1. The standard InChI is InChI=1S/C20H20ClN3O3S2/c1-13-4-6-15(7-5-13)12-24-19(22-14(2)25)18(20(23-24)28-3)29(26,27)17-10-8-16(21)9-11-17/h4-11H,12H2,1-3H3,(H,22,25). The summed E-state index contributed by atoms with van der Waals surface area (Å²) in [7, 11) is -3.93. The molecule has 0 fully saturated rings. The van der Waals surface area contributed by atoms with E-state index in [1.807, 2.05) is 31.2 Å². The smallest absolute Gasteiger partial charge is 0.222 e. The van der Waals surface area contributed by atoms with Crippen molar-refractivity contribution in [3.05, 3.63) is 64.7 Å². The molecule has 3 rings (SSSR count). The average Bonchev–Trinajstić information content (AvgIpc) is 3.01. The fraction of sp³-hybridized carbons (Fsp3) is 0.200. The molecule has 0 saturated heterocycles. The van der Waals surface area contributed by atoms with E-state index in [0.717, 1.165) is 11.1 Å². The lowest BCUT2D eigenvalue weighted by molar-refractivity contribution is -0.114. The second kappa shape index (κ2) is 8.61. The number of amides is 1. The van der Waals surface area contributed by atoms with Gasteiger partial charge in [0.15, 0.2) is 5.82 Å². The molecule has 0 atom stereocenters. The van der Waals surface area contributed by atoms with Crippen LogP contribution in [0.5, 0.6) is 0 Å². The van der Waals surface area contributed by atoms with E-state index >= 15 is 0 Å². The van der Waals surface area contributed by atoms with E-state index in [9.17, 15) is 13.2 Å². The summed E-state index contributed by atoms with van der Waals surface area (Å²) in [5, 5.41) is 7.88. The summed E-state index contributed by atoms with van der Waals surface area (Å²) in [5.74, 6) is -0.229. The first-order valence-corrected chi connectivity index (χ1v) is 11.8. The Morgan fingerprint density at radius 1 is 1.14 bits per heavy atom. The second-order valence-corrected chi connectivity index (χ2v) is 9.59. The van der Waals surface area contributed by atoms with Gasteiger partial charge in [-0.05, 0) is 43.0 Å². The van der Waals surface area contributed by atoms with Gasteiger partial charge in [-0.1, -0.05) is 41.4 Å². The van der Waals surface area contributed by atoms with Gasteiger partial charge in [0.05, 0.1) is 11.4 Å². The Morgan fingerprint density at radius 2 is 1.76 bits per heavy atom. The summed E-state index contributed by atoms with van der Waals surface area (Å²) < 4.78 is 28.3. The number of hydrogen-bond acceptors (Lipinski definition) is 5. The zero-order chi connectivity index (χ0) is 21.2. The Hall–Kier alpha value is -2.29. The number of carbonyl (C=O) groups is 1. The van der Waals surface area contributed by atoms with Gasteiger partial charge in [0.25, 0.3) is 0 Å². The van der Waals surface area contributed by atoms with Crippen LogP contribution >= 0.6 is 23.4 Å². The number of nitrogens with one attached hydrogen (secondary N) is 1. The number of benzene rings is 2. The third-order valence-electron chi connectivity index (χ3n) is 4.21. The van der Waals surface area contributed by atoms with Crippen molar-refractivity contribution in [2.75, 3.05) is 11.6 Å². The molecule has 2 aromatic carbocycles. The van der Waals surface area contributed by atoms with Crippen LogP contribution in [-0.2, 0) is 21.2 Å². The van der Waals surface area contributed by atoms with E-state index in [4.69, 9.17) is 11.6 Å². The molecule has 3 aromatic rings. The van der Waals surface area contributed by atoms with E-state index in [0.29, 0.717) is 16.6 Å². The van der Waals surface area contributed by atoms with E-state index in [1.54, 1.807) is 6.26 Å². The minimum absolute atomic E-state index is 0.0189. The van der Waals surface area contributed by atoms with Crippen molar-refractivity contribution in [2.45, 2.75) is 35.2 Å². The first kappa shape index (κ1) is 21.4. The van der Waals surface area contributed by atoms with E-state index in [2.05, 4.69) is 10.4 Å². The largest absolute Gasteiger partial charge is 0.310 e. The Morgan fingerprint density at radius 3 is 2.31 bits per heavy atom. The molecule has 0 aliphatic rings. The highest BCUT2D eigenvalue weighted by molar-refractivity contribution is 7.99. The third-order valence-corrected chi connectivity index (χ3v) is 7.08. The van der Waals surface area contributed by atoms with Crippen molar-refractivity contribution in [3.63, 3.8) is 0 Å². The fourth-order valence-corrected chi connectivity index (χ4v) is 5.38. The number of nitrogens with zero attached hydrogens (tertiary/aromatic N) is 2. The van der Waals surface area contributed by atoms with Gasteiger partial charge in [-0.15, -0.1) is 11.8 Å². The number of halogens is 1. The summed E-state index contributed by atoms with van der Waals surface area (Å²) >= 11 is 7.11. The number of thioether (sulfide) groups is 1. The molecule has 6 nitrogen and oxygen atoms in total. The highest BCUT2D eigenvalue weighted by Gasteiger charge is 2.31. The van der Waals surface area contributed by atoms with Gasteiger partial charge in [-0.3, -0.25) is 4.79 Å². The fourth-order valence-electron chi connectivity index (χ4n) is 2.80.